The molecule has 0 fully saturated rings. The fourth-order valence-electron chi connectivity index (χ4n) is 5.00. The van der Waals surface area contributed by atoms with Crippen LogP contribution in [0.5, 0.6) is 5.88 Å². The zero-order valence-electron chi connectivity index (χ0n) is 24.1. The highest BCUT2D eigenvalue weighted by Gasteiger charge is 2.35. The average molecular weight is 536 g/mol. The Morgan fingerprint density at radius 3 is 2.62 bits per heavy atom. The Hall–Kier alpha value is -3.82. The van der Waals surface area contributed by atoms with Gasteiger partial charge in [0.2, 0.25) is 11.8 Å². The molecule has 3 aromatic heterocycles. The molecule has 0 saturated carbocycles. The molecule has 10 heteroatoms. The molecule has 208 valence electrons. The number of nitrogens with one attached hydrogen (secondary N) is 1. The number of anilines is 2. The predicted octanol–water partition coefficient (Wildman–Crippen LogP) is 4.53. The van der Waals surface area contributed by atoms with Crippen molar-refractivity contribution in [3.63, 3.8) is 0 Å². The molecule has 1 amide bonds. The fraction of sp³-hybridized carbons (Fsp3) is 0.483. The Morgan fingerprint density at radius 2 is 1.95 bits per heavy atom. The summed E-state index contributed by atoms with van der Waals surface area (Å²) in [4.78, 5) is 35.4. The fourth-order valence-corrected chi connectivity index (χ4v) is 5.00. The molecule has 39 heavy (non-hydrogen) atoms. The Balaban J connectivity index is 1.55. The van der Waals surface area contributed by atoms with Gasteiger partial charge in [-0.25, -0.2) is 24.3 Å². The van der Waals surface area contributed by atoms with Gasteiger partial charge in [0.25, 0.3) is 0 Å². The molecule has 0 aliphatic carbocycles. The van der Waals surface area contributed by atoms with Gasteiger partial charge in [-0.05, 0) is 59.1 Å². The molecule has 1 aliphatic rings. The van der Waals surface area contributed by atoms with E-state index in [-0.39, 0.29) is 17.4 Å². The number of likely N-dealkylation sites (N-methyl/N-ethyl adjacent to an activating group) is 1. The van der Waals surface area contributed by atoms with E-state index in [1.54, 1.807) is 11.8 Å². The molecule has 0 unspecified atom stereocenters. The van der Waals surface area contributed by atoms with E-state index in [0.717, 1.165) is 53.2 Å². The minimum Gasteiger partial charge on any atom is -0.481 e. The van der Waals surface area contributed by atoms with Crippen molar-refractivity contribution in [2.24, 2.45) is 0 Å². The maximum Gasteiger partial charge on any atom is 0.230 e. The molecule has 1 N–H and O–H groups in total. The van der Waals surface area contributed by atoms with Crippen LogP contribution in [0.4, 0.5) is 16.0 Å². The van der Waals surface area contributed by atoms with Gasteiger partial charge in [0, 0.05) is 56.1 Å². The monoisotopic (exact) mass is 535 g/mol. The van der Waals surface area contributed by atoms with E-state index in [1.165, 1.54) is 13.2 Å². The molecule has 0 bridgehead atoms. The van der Waals surface area contributed by atoms with Crippen molar-refractivity contribution < 1.29 is 13.9 Å². The quantitative estimate of drug-likeness (QED) is 0.449. The summed E-state index contributed by atoms with van der Waals surface area (Å²) in [5, 5.41) is 3.60. The first kappa shape index (κ1) is 28.2. The zero-order chi connectivity index (χ0) is 28.5. The smallest absolute Gasteiger partial charge is 0.230 e. The predicted molar refractivity (Wildman–Crippen MR) is 151 cm³/mol. The number of hydrogen-bond acceptors (Lipinski definition) is 8. The lowest BCUT2D eigenvalue weighted by Crippen LogP contribution is -2.51. The number of rotatable bonds is 8. The Morgan fingerprint density at radius 1 is 1.21 bits per heavy atom. The number of fused-ring (bicyclic) bond motifs is 1. The molecule has 1 aliphatic heterocycles. The maximum atomic E-state index is 14.5. The molecule has 3 aromatic rings. The van der Waals surface area contributed by atoms with Crippen LogP contribution in [0.25, 0.3) is 11.4 Å². The second-order valence-electron chi connectivity index (χ2n) is 10.7. The van der Waals surface area contributed by atoms with Gasteiger partial charge < -0.3 is 19.9 Å². The van der Waals surface area contributed by atoms with Crippen molar-refractivity contribution in [1.29, 1.82) is 0 Å². The summed E-state index contributed by atoms with van der Waals surface area (Å²) in [6, 6.07) is 5.58. The van der Waals surface area contributed by atoms with E-state index in [0.29, 0.717) is 18.9 Å². The molecular weight excluding hydrogens is 497 g/mol. The van der Waals surface area contributed by atoms with Gasteiger partial charge >= 0.3 is 0 Å². The second-order valence-corrected chi connectivity index (χ2v) is 10.7. The van der Waals surface area contributed by atoms with Gasteiger partial charge in [-0.15, -0.1) is 0 Å². The number of methoxy groups -OCH3 is 1. The van der Waals surface area contributed by atoms with Crippen LogP contribution >= 0.6 is 0 Å². The molecular formula is C29H38FN7O2. The number of aromatic nitrogens is 4. The van der Waals surface area contributed by atoms with Crippen LogP contribution in [-0.4, -0.2) is 70.6 Å². The Labute approximate surface area is 229 Å². The van der Waals surface area contributed by atoms with E-state index in [2.05, 4.69) is 28.3 Å². The number of pyridine rings is 2. The lowest BCUT2D eigenvalue weighted by molar-refractivity contribution is -0.133. The summed E-state index contributed by atoms with van der Waals surface area (Å²) in [5.41, 5.74) is 3.62. The average Bonchev–Trinajstić information content (AvgIpc) is 2.90. The molecule has 0 aromatic carbocycles. The minimum atomic E-state index is -0.675. The topological polar surface area (TPSA) is 96.4 Å². The molecule has 4 heterocycles. The number of ether oxygens (including phenoxy) is 1. The summed E-state index contributed by atoms with van der Waals surface area (Å²) >= 11 is 0. The zero-order valence-corrected chi connectivity index (χ0v) is 24.1. The van der Waals surface area contributed by atoms with Crippen molar-refractivity contribution in [2.45, 2.75) is 58.9 Å². The number of carbonyl (C=O) groups excluding carboxylic acids is 1. The normalized spacial score (nSPS) is 17.2. The maximum absolute atomic E-state index is 14.5. The molecule has 9 nitrogen and oxygen atoms in total. The van der Waals surface area contributed by atoms with E-state index < -0.39 is 17.3 Å². The van der Waals surface area contributed by atoms with Crippen molar-refractivity contribution in [1.82, 2.24) is 24.8 Å². The molecule has 2 atom stereocenters. The largest absolute Gasteiger partial charge is 0.481 e. The highest BCUT2D eigenvalue weighted by molar-refractivity contribution is 5.83. The third kappa shape index (κ3) is 5.94. The van der Waals surface area contributed by atoms with Crippen LogP contribution in [0.15, 0.2) is 24.4 Å². The van der Waals surface area contributed by atoms with Crippen LogP contribution in [-0.2, 0) is 11.2 Å². The van der Waals surface area contributed by atoms with Crippen LogP contribution in [0, 0.1) is 19.7 Å². The van der Waals surface area contributed by atoms with E-state index in [1.807, 2.05) is 45.8 Å². The summed E-state index contributed by atoms with van der Waals surface area (Å²) in [5.74, 6) is 1.26. The molecule has 4 rings (SSSR count). The first-order chi connectivity index (χ1) is 18.4. The van der Waals surface area contributed by atoms with Gasteiger partial charge in [0.1, 0.15) is 17.5 Å². The molecule has 0 radical (unpaired) electrons. The van der Waals surface area contributed by atoms with Crippen molar-refractivity contribution >= 4 is 17.5 Å². The first-order valence-corrected chi connectivity index (χ1v) is 13.2. The minimum absolute atomic E-state index is 0.147. The van der Waals surface area contributed by atoms with Gasteiger partial charge in [0.15, 0.2) is 5.82 Å². The molecule has 0 saturated heterocycles. The number of aryl methyl sites for hydroxylation is 3. The number of amides is 1. The standard InChI is InChI=1S/C29H38FN7O2/c1-9-37(28(38)18(3)21-14-25(39-8)31-15-23(21)30)16-29(5)11-10-20-13-22(19(4)33-26(20)35-29)27-32-17(2)12-24(34-27)36(6)7/h12-15,18H,9-11,16H2,1-8H3,(H,33,35)/t18-,29-/m1/s1. The lowest BCUT2D eigenvalue weighted by atomic mass is 9.87. The van der Waals surface area contributed by atoms with Crippen LogP contribution in [0.3, 0.4) is 0 Å². The van der Waals surface area contributed by atoms with Crippen molar-refractivity contribution in [3.05, 3.63) is 52.7 Å². The second kappa shape index (κ2) is 11.1. The third-order valence-electron chi connectivity index (χ3n) is 7.34. The SMILES string of the molecule is CCN(C[C@@]1(C)CCc2cc(-c3nc(C)cc(N(C)C)n3)c(C)nc2N1)C(=O)[C@H](C)c1cc(OC)ncc1F. The number of carbonyl (C=O) groups is 1. The van der Waals surface area contributed by atoms with Crippen LogP contribution < -0.4 is 15.0 Å². The van der Waals surface area contributed by atoms with Crippen LogP contribution in [0.1, 0.15) is 55.6 Å². The van der Waals surface area contributed by atoms with Gasteiger partial charge in [-0.3, -0.25) is 4.79 Å². The Kier molecular flexibility index (Phi) is 8.04. The van der Waals surface area contributed by atoms with Gasteiger partial charge in [-0.1, -0.05) is 0 Å². The van der Waals surface area contributed by atoms with Crippen molar-refractivity contribution in [3.8, 4) is 17.3 Å². The first-order valence-electron chi connectivity index (χ1n) is 13.2. The lowest BCUT2D eigenvalue weighted by Gasteiger charge is -2.40. The van der Waals surface area contributed by atoms with Gasteiger partial charge in [0.05, 0.1) is 30.5 Å². The van der Waals surface area contributed by atoms with E-state index in [9.17, 15) is 9.18 Å². The van der Waals surface area contributed by atoms with Gasteiger partial charge in [-0.2, -0.15) is 0 Å². The van der Waals surface area contributed by atoms with E-state index in [4.69, 9.17) is 14.7 Å². The Bertz CT molecular complexity index is 1380. The highest BCUT2D eigenvalue weighted by Crippen LogP contribution is 2.34. The summed E-state index contributed by atoms with van der Waals surface area (Å²) in [7, 11) is 5.39. The van der Waals surface area contributed by atoms with Crippen LogP contribution in [0.2, 0.25) is 0 Å². The highest BCUT2D eigenvalue weighted by atomic mass is 19.1. The number of nitrogens with zero attached hydrogens (tertiary/aromatic N) is 6. The summed E-state index contributed by atoms with van der Waals surface area (Å²) in [6.45, 7) is 10.7. The van der Waals surface area contributed by atoms with E-state index >= 15 is 0 Å². The van der Waals surface area contributed by atoms with Crippen molar-refractivity contribution in [2.75, 3.05) is 44.5 Å². The number of halogens is 1. The summed E-state index contributed by atoms with van der Waals surface area (Å²) in [6.07, 6.45) is 2.70. The number of hydrogen-bond donors (Lipinski definition) is 1. The summed E-state index contributed by atoms with van der Waals surface area (Å²) < 4.78 is 19.7. The molecule has 0 spiro atoms. The third-order valence-corrected chi connectivity index (χ3v) is 7.34.